The van der Waals surface area contributed by atoms with Crippen LogP contribution >= 0.6 is 0 Å². The molecule has 2 heterocycles. The van der Waals surface area contributed by atoms with Crippen LogP contribution in [0.1, 0.15) is 37.0 Å². The van der Waals surface area contributed by atoms with Crippen LogP contribution in [-0.4, -0.2) is 15.0 Å². The smallest absolute Gasteiger partial charge is 0.213 e. The van der Waals surface area contributed by atoms with Crippen molar-refractivity contribution in [3.63, 3.8) is 0 Å². The highest BCUT2D eigenvalue weighted by atomic mass is 16.4. The molecule has 0 aromatic carbocycles. The first-order chi connectivity index (χ1) is 8.71. The summed E-state index contributed by atoms with van der Waals surface area (Å²) in [5, 5.41) is 3.21. The van der Waals surface area contributed by atoms with Crippen molar-refractivity contribution in [1.82, 2.24) is 15.0 Å². The number of aryl methyl sites for hydroxylation is 3. The third-order valence-electron chi connectivity index (χ3n) is 2.62. The second-order valence-corrected chi connectivity index (χ2v) is 4.07. The molecule has 0 amide bonds. The van der Waals surface area contributed by atoms with Crippen LogP contribution in [0.25, 0.3) is 0 Å². The average Bonchev–Trinajstić information content (AvgIpc) is 2.83. The number of nitrogens with one attached hydrogen (secondary N) is 1. The van der Waals surface area contributed by atoms with Gasteiger partial charge in [-0.25, -0.2) is 15.0 Å². The summed E-state index contributed by atoms with van der Waals surface area (Å²) in [7, 11) is 0. The van der Waals surface area contributed by atoms with Gasteiger partial charge in [-0.3, -0.25) is 0 Å². The van der Waals surface area contributed by atoms with Crippen molar-refractivity contribution < 1.29 is 4.42 Å². The van der Waals surface area contributed by atoms with E-state index in [1.54, 1.807) is 6.20 Å². The number of hydrogen-bond acceptors (Lipinski definition) is 5. The van der Waals surface area contributed by atoms with E-state index in [-0.39, 0.29) is 0 Å². The molecule has 0 unspecified atom stereocenters. The summed E-state index contributed by atoms with van der Waals surface area (Å²) in [4.78, 5) is 12.9. The first-order valence-electron chi connectivity index (χ1n) is 6.23. The Morgan fingerprint density at radius 1 is 1.22 bits per heavy atom. The Kier molecular flexibility index (Phi) is 3.92. The number of nitrogens with zero attached hydrogens (tertiary/aromatic N) is 3. The molecular formula is C13H18N4O. The molecule has 1 N–H and O–H groups in total. The van der Waals surface area contributed by atoms with Gasteiger partial charge in [-0.05, 0) is 13.3 Å². The summed E-state index contributed by atoms with van der Waals surface area (Å²) in [6.07, 6.45) is 3.52. The molecule has 0 spiro atoms. The molecule has 0 saturated carbocycles. The summed E-state index contributed by atoms with van der Waals surface area (Å²) in [6.45, 7) is 6.55. The van der Waals surface area contributed by atoms with Crippen molar-refractivity contribution in [3.8, 4) is 0 Å². The van der Waals surface area contributed by atoms with E-state index in [1.807, 2.05) is 19.9 Å². The maximum atomic E-state index is 5.52. The summed E-state index contributed by atoms with van der Waals surface area (Å²) in [5.41, 5.74) is 1.03. The Bertz CT molecular complexity index is 521. The lowest BCUT2D eigenvalue weighted by Crippen LogP contribution is -2.04. The first-order valence-corrected chi connectivity index (χ1v) is 6.23. The first kappa shape index (κ1) is 12.5. The fourth-order valence-electron chi connectivity index (χ4n) is 1.66. The van der Waals surface area contributed by atoms with E-state index in [2.05, 4.69) is 27.2 Å². The number of hydrogen-bond donors (Lipinski definition) is 1. The van der Waals surface area contributed by atoms with E-state index in [1.165, 1.54) is 0 Å². The van der Waals surface area contributed by atoms with Crippen LogP contribution in [0.2, 0.25) is 0 Å². The summed E-state index contributed by atoms with van der Waals surface area (Å²) < 4.78 is 5.52. The van der Waals surface area contributed by atoms with E-state index in [0.717, 1.165) is 35.9 Å². The third-order valence-corrected chi connectivity index (χ3v) is 2.62. The van der Waals surface area contributed by atoms with Gasteiger partial charge in [0.15, 0.2) is 0 Å². The predicted octanol–water partition coefficient (Wildman–Crippen LogP) is 2.51. The number of oxazole rings is 1. The Labute approximate surface area is 107 Å². The van der Waals surface area contributed by atoms with Crippen LogP contribution in [0.3, 0.4) is 0 Å². The highest BCUT2D eigenvalue weighted by molar-refractivity contribution is 5.36. The molecule has 5 nitrogen and oxygen atoms in total. The number of rotatable bonds is 5. The van der Waals surface area contributed by atoms with Gasteiger partial charge in [0.25, 0.3) is 0 Å². The van der Waals surface area contributed by atoms with E-state index in [0.29, 0.717) is 12.4 Å². The van der Waals surface area contributed by atoms with Gasteiger partial charge >= 0.3 is 0 Å². The maximum Gasteiger partial charge on any atom is 0.213 e. The Balaban J connectivity index is 2.03. The van der Waals surface area contributed by atoms with Crippen LogP contribution in [0.15, 0.2) is 16.7 Å². The number of anilines is 1. The van der Waals surface area contributed by atoms with Gasteiger partial charge in [-0.2, -0.15) is 0 Å². The largest absolute Gasteiger partial charge is 0.444 e. The molecule has 0 fully saturated rings. The molecule has 0 saturated heterocycles. The van der Waals surface area contributed by atoms with Gasteiger partial charge in [-0.1, -0.05) is 13.8 Å². The lowest BCUT2D eigenvalue weighted by Gasteiger charge is -2.05. The van der Waals surface area contributed by atoms with Gasteiger partial charge in [0, 0.05) is 18.2 Å². The lowest BCUT2D eigenvalue weighted by atomic mass is 10.3. The Hall–Kier alpha value is -1.91. The standard InChI is InChI=1S/C13H18N4O/c1-4-10-6-12(17-9(3)16-10)14-8-13-15-7-11(5-2)18-13/h6-7H,4-5,8H2,1-3H3,(H,14,16,17). The third kappa shape index (κ3) is 3.06. The van der Waals surface area contributed by atoms with Crippen LogP contribution < -0.4 is 5.32 Å². The fourth-order valence-corrected chi connectivity index (χ4v) is 1.66. The van der Waals surface area contributed by atoms with Crippen LogP contribution in [0.4, 0.5) is 5.82 Å². The Morgan fingerprint density at radius 3 is 2.72 bits per heavy atom. The molecule has 0 aliphatic heterocycles. The van der Waals surface area contributed by atoms with Crippen molar-refractivity contribution in [1.29, 1.82) is 0 Å². The van der Waals surface area contributed by atoms with E-state index >= 15 is 0 Å². The topological polar surface area (TPSA) is 63.8 Å². The van der Waals surface area contributed by atoms with Crippen LogP contribution in [-0.2, 0) is 19.4 Å². The average molecular weight is 246 g/mol. The zero-order valence-corrected chi connectivity index (χ0v) is 11.0. The summed E-state index contributed by atoms with van der Waals surface area (Å²) in [5.74, 6) is 3.18. The lowest BCUT2D eigenvalue weighted by molar-refractivity contribution is 0.465. The fraction of sp³-hybridized carbons (Fsp3) is 0.462. The molecule has 0 radical (unpaired) electrons. The minimum Gasteiger partial charge on any atom is -0.444 e. The molecule has 0 aliphatic carbocycles. The second kappa shape index (κ2) is 5.62. The molecule has 96 valence electrons. The molecule has 2 aromatic heterocycles. The highest BCUT2D eigenvalue weighted by Crippen LogP contribution is 2.10. The van der Waals surface area contributed by atoms with Gasteiger partial charge in [0.05, 0.1) is 12.7 Å². The monoisotopic (exact) mass is 246 g/mol. The molecule has 0 atom stereocenters. The molecule has 0 aliphatic rings. The van der Waals surface area contributed by atoms with E-state index in [4.69, 9.17) is 4.42 Å². The minimum absolute atomic E-state index is 0.541. The SMILES string of the molecule is CCc1cc(NCc2ncc(CC)o2)nc(C)n1. The summed E-state index contributed by atoms with van der Waals surface area (Å²) >= 11 is 0. The van der Waals surface area contributed by atoms with E-state index in [9.17, 15) is 0 Å². The zero-order valence-electron chi connectivity index (χ0n) is 11.0. The predicted molar refractivity (Wildman–Crippen MR) is 69.4 cm³/mol. The second-order valence-electron chi connectivity index (χ2n) is 4.07. The van der Waals surface area contributed by atoms with Crippen molar-refractivity contribution in [2.45, 2.75) is 40.2 Å². The minimum atomic E-state index is 0.541. The van der Waals surface area contributed by atoms with E-state index < -0.39 is 0 Å². The molecular weight excluding hydrogens is 228 g/mol. The normalized spacial score (nSPS) is 10.6. The highest BCUT2D eigenvalue weighted by Gasteiger charge is 2.04. The Morgan fingerprint density at radius 2 is 2.06 bits per heavy atom. The molecule has 18 heavy (non-hydrogen) atoms. The van der Waals surface area contributed by atoms with Crippen molar-refractivity contribution in [2.24, 2.45) is 0 Å². The molecule has 2 rings (SSSR count). The van der Waals surface area contributed by atoms with Crippen LogP contribution in [0.5, 0.6) is 0 Å². The van der Waals surface area contributed by atoms with Crippen LogP contribution in [0, 0.1) is 6.92 Å². The van der Waals surface area contributed by atoms with Crippen molar-refractivity contribution >= 4 is 5.82 Å². The number of aromatic nitrogens is 3. The molecule has 0 bridgehead atoms. The molecule has 5 heteroatoms. The van der Waals surface area contributed by atoms with Gasteiger partial charge in [0.2, 0.25) is 5.89 Å². The molecule has 2 aromatic rings. The zero-order chi connectivity index (χ0) is 13.0. The summed E-state index contributed by atoms with van der Waals surface area (Å²) in [6, 6.07) is 1.96. The van der Waals surface area contributed by atoms with Gasteiger partial charge < -0.3 is 9.73 Å². The maximum absolute atomic E-state index is 5.52. The quantitative estimate of drug-likeness (QED) is 0.878. The van der Waals surface area contributed by atoms with Gasteiger partial charge in [-0.15, -0.1) is 0 Å². The van der Waals surface area contributed by atoms with Gasteiger partial charge in [0.1, 0.15) is 17.4 Å². The van der Waals surface area contributed by atoms with Crippen molar-refractivity contribution in [2.75, 3.05) is 5.32 Å². The van der Waals surface area contributed by atoms with Crippen molar-refractivity contribution in [3.05, 3.63) is 35.4 Å².